The van der Waals surface area contributed by atoms with Crippen molar-refractivity contribution in [2.45, 2.75) is 25.9 Å². The summed E-state index contributed by atoms with van der Waals surface area (Å²) in [7, 11) is 0. The van der Waals surface area contributed by atoms with E-state index in [-0.39, 0.29) is 6.04 Å². The summed E-state index contributed by atoms with van der Waals surface area (Å²) in [5.41, 5.74) is 6.18. The molecule has 1 atom stereocenters. The fraction of sp³-hybridized carbons (Fsp3) is 0.276. The lowest BCUT2D eigenvalue weighted by atomic mass is 9.96. The van der Waals surface area contributed by atoms with Gasteiger partial charge in [0.2, 0.25) is 0 Å². The van der Waals surface area contributed by atoms with Crippen LogP contribution in [0.15, 0.2) is 91.0 Å². The standard InChI is InChI=1S/C29H32N4/c1-22-27(31-29(30-22)26-16-10-5-11-17-26)23(2)32-18-20-33(21-19-32)28(24-12-6-3-7-13-24)25-14-8-4-9-15-25/h3-17,23,28H,18-21H2,1-2H3,(H,30,31). The highest BCUT2D eigenvalue weighted by Gasteiger charge is 2.29. The molecule has 4 nitrogen and oxygen atoms in total. The fourth-order valence-corrected chi connectivity index (χ4v) is 5.05. The molecule has 4 aromatic rings. The molecule has 5 rings (SSSR count). The number of benzene rings is 3. The van der Waals surface area contributed by atoms with E-state index in [2.05, 4.69) is 114 Å². The Bertz CT molecular complexity index is 1110. The second-order valence-electron chi connectivity index (χ2n) is 8.93. The van der Waals surface area contributed by atoms with Gasteiger partial charge in [0.05, 0.1) is 17.8 Å². The van der Waals surface area contributed by atoms with Crippen LogP contribution in [0.2, 0.25) is 0 Å². The number of nitrogens with zero attached hydrogens (tertiary/aromatic N) is 3. The van der Waals surface area contributed by atoms with Crippen molar-refractivity contribution in [3.8, 4) is 11.4 Å². The highest BCUT2D eigenvalue weighted by molar-refractivity contribution is 5.55. The molecule has 3 aromatic carbocycles. The molecule has 1 aliphatic rings. The summed E-state index contributed by atoms with van der Waals surface area (Å²) in [4.78, 5) is 13.7. The Morgan fingerprint density at radius 3 is 1.73 bits per heavy atom. The lowest BCUT2D eigenvalue weighted by molar-refractivity contribution is 0.0826. The summed E-state index contributed by atoms with van der Waals surface area (Å²) in [5.74, 6) is 0.960. The van der Waals surface area contributed by atoms with E-state index in [0.717, 1.165) is 49.0 Å². The minimum Gasteiger partial charge on any atom is -0.342 e. The first-order chi connectivity index (χ1) is 16.2. The second kappa shape index (κ2) is 9.74. The van der Waals surface area contributed by atoms with Crippen molar-refractivity contribution >= 4 is 0 Å². The highest BCUT2D eigenvalue weighted by atomic mass is 15.3. The average Bonchev–Trinajstić information content (AvgIpc) is 3.28. The second-order valence-corrected chi connectivity index (χ2v) is 8.93. The highest BCUT2D eigenvalue weighted by Crippen LogP contribution is 2.32. The van der Waals surface area contributed by atoms with Crippen molar-refractivity contribution in [3.05, 3.63) is 114 Å². The van der Waals surface area contributed by atoms with Crippen molar-refractivity contribution in [1.29, 1.82) is 0 Å². The molecular weight excluding hydrogens is 404 g/mol. The van der Waals surface area contributed by atoms with Gasteiger partial charge in [-0.15, -0.1) is 0 Å². The Kier molecular flexibility index (Phi) is 6.38. The number of piperazine rings is 1. The molecule has 33 heavy (non-hydrogen) atoms. The average molecular weight is 437 g/mol. The third-order valence-electron chi connectivity index (χ3n) is 6.86. The fourth-order valence-electron chi connectivity index (χ4n) is 5.05. The van der Waals surface area contributed by atoms with E-state index >= 15 is 0 Å². The van der Waals surface area contributed by atoms with Crippen LogP contribution in [0.1, 0.15) is 41.5 Å². The number of H-pyrrole nitrogens is 1. The normalized spacial score (nSPS) is 16.2. The minimum atomic E-state index is 0.285. The van der Waals surface area contributed by atoms with Crippen molar-refractivity contribution < 1.29 is 0 Å². The van der Waals surface area contributed by atoms with E-state index < -0.39 is 0 Å². The van der Waals surface area contributed by atoms with Crippen LogP contribution in [0.3, 0.4) is 0 Å². The molecule has 0 radical (unpaired) electrons. The van der Waals surface area contributed by atoms with Crippen molar-refractivity contribution in [2.24, 2.45) is 0 Å². The van der Waals surface area contributed by atoms with Gasteiger partial charge in [-0.3, -0.25) is 9.80 Å². The Morgan fingerprint density at radius 1 is 0.697 bits per heavy atom. The number of hydrogen-bond donors (Lipinski definition) is 1. The number of aromatic amines is 1. The Morgan fingerprint density at radius 2 is 1.18 bits per heavy atom. The maximum atomic E-state index is 4.99. The Hall–Kier alpha value is -3.21. The summed E-state index contributed by atoms with van der Waals surface area (Å²) in [6, 6.07) is 32.8. The van der Waals surface area contributed by atoms with Gasteiger partial charge in [-0.25, -0.2) is 4.98 Å². The number of hydrogen-bond acceptors (Lipinski definition) is 3. The van der Waals surface area contributed by atoms with E-state index in [1.165, 1.54) is 11.1 Å². The van der Waals surface area contributed by atoms with E-state index in [1.54, 1.807) is 0 Å². The van der Waals surface area contributed by atoms with Gasteiger partial charge in [-0.2, -0.15) is 0 Å². The topological polar surface area (TPSA) is 35.2 Å². The van der Waals surface area contributed by atoms with E-state index in [1.807, 2.05) is 6.07 Å². The molecule has 0 amide bonds. The van der Waals surface area contributed by atoms with Crippen LogP contribution in [-0.4, -0.2) is 45.9 Å². The molecule has 4 heteroatoms. The molecule has 0 saturated carbocycles. The third-order valence-corrected chi connectivity index (χ3v) is 6.86. The van der Waals surface area contributed by atoms with E-state index in [9.17, 15) is 0 Å². The molecule has 1 saturated heterocycles. The largest absolute Gasteiger partial charge is 0.342 e. The monoisotopic (exact) mass is 436 g/mol. The summed E-state index contributed by atoms with van der Waals surface area (Å²) in [5, 5.41) is 0. The van der Waals surface area contributed by atoms with Crippen LogP contribution in [0.4, 0.5) is 0 Å². The SMILES string of the molecule is Cc1[nH]c(-c2ccccc2)nc1C(C)N1CCN(C(c2ccccc2)c2ccccc2)CC1. The maximum absolute atomic E-state index is 4.99. The van der Waals surface area contributed by atoms with Crippen molar-refractivity contribution in [1.82, 2.24) is 19.8 Å². The predicted octanol–water partition coefficient (Wildman–Crippen LogP) is 5.85. The van der Waals surface area contributed by atoms with Crippen LogP contribution in [0.5, 0.6) is 0 Å². The summed E-state index contributed by atoms with van der Waals surface area (Å²) in [6.07, 6.45) is 0. The molecule has 168 valence electrons. The summed E-state index contributed by atoms with van der Waals surface area (Å²) in [6.45, 7) is 8.57. The van der Waals surface area contributed by atoms with Crippen molar-refractivity contribution in [2.75, 3.05) is 26.2 Å². The van der Waals surface area contributed by atoms with Gasteiger partial charge in [0, 0.05) is 37.4 Å². The zero-order valence-electron chi connectivity index (χ0n) is 19.5. The first kappa shape index (κ1) is 21.6. The van der Waals surface area contributed by atoms with Crippen LogP contribution in [-0.2, 0) is 0 Å². The van der Waals surface area contributed by atoms with Crippen LogP contribution < -0.4 is 0 Å². The molecule has 1 aromatic heterocycles. The lowest BCUT2D eigenvalue weighted by Crippen LogP contribution is -2.48. The van der Waals surface area contributed by atoms with E-state index in [4.69, 9.17) is 4.98 Å². The smallest absolute Gasteiger partial charge is 0.137 e. The van der Waals surface area contributed by atoms with Crippen LogP contribution in [0.25, 0.3) is 11.4 Å². The van der Waals surface area contributed by atoms with Gasteiger partial charge in [-0.1, -0.05) is 91.0 Å². The zero-order chi connectivity index (χ0) is 22.6. The third kappa shape index (κ3) is 4.63. The predicted molar refractivity (Wildman–Crippen MR) is 135 cm³/mol. The van der Waals surface area contributed by atoms with Gasteiger partial charge >= 0.3 is 0 Å². The number of aromatic nitrogens is 2. The van der Waals surface area contributed by atoms with Gasteiger partial charge in [0.25, 0.3) is 0 Å². The molecule has 1 unspecified atom stereocenters. The number of aryl methyl sites for hydroxylation is 1. The molecule has 0 spiro atoms. The molecule has 1 N–H and O–H groups in total. The van der Waals surface area contributed by atoms with E-state index in [0.29, 0.717) is 6.04 Å². The maximum Gasteiger partial charge on any atom is 0.137 e. The first-order valence-corrected chi connectivity index (χ1v) is 11.9. The van der Waals surface area contributed by atoms with Crippen molar-refractivity contribution in [3.63, 3.8) is 0 Å². The number of imidazole rings is 1. The molecule has 1 aliphatic heterocycles. The Balaban J connectivity index is 1.32. The summed E-state index contributed by atoms with van der Waals surface area (Å²) < 4.78 is 0. The van der Waals surface area contributed by atoms with Gasteiger partial charge in [0.15, 0.2) is 0 Å². The zero-order valence-corrected chi connectivity index (χ0v) is 19.5. The first-order valence-electron chi connectivity index (χ1n) is 11.9. The molecule has 0 aliphatic carbocycles. The molecule has 2 heterocycles. The molecule has 0 bridgehead atoms. The number of nitrogens with one attached hydrogen (secondary N) is 1. The van der Waals surface area contributed by atoms with Crippen LogP contribution in [0, 0.1) is 6.92 Å². The van der Waals surface area contributed by atoms with Crippen LogP contribution >= 0.6 is 0 Å². The van der Waals surface area contributed by atoms with Gasteiger partial charge in [0.1, 0.15) is 5.82 Å². The Labute approximate surface area is 196 Å². The summed E-state index contributed by atoms with van der Waals surface area (Å²) >= 11 is 0. The quantitative estimate of drug-likeness (QED) is 0.412. The molecule has 1 fully saturated rings. The van der Waals surface area contributed by atoms with Gasteiger partial charge < -0.3 is 4.98 Å². The minimum absolute atomic E-state index is 0.285. The number of rotatable bonds is 6. The molecular formula is C29H32N4. The lowest BCUT2D eigenvalue weighted by Gasteiger charge is -2.41. The van der Waals surface area contributed by atoms with Gasteiger partial charge in [-0.05, 0) is 25.0 Å².